The molecule has 0 aromatic rings. The summed E-state index contributed by atoms with van der Waals surface area (Å²) in [5.74, 6) is 2.37. The van der Waals surface area contributed by atoms with E-state index in [1.807, 2.05) is 6.92 Å². The van der Waals surface area contributed by atoms with Crippen LogP contribution in [0.15, 0.2) is 0 Å². The number of terminal acetylenes is 1. The predicted molar refractivity (Wildman–Crippen MR) is 37.2 cm³/mol. The fourth-order valence-corrected chi connectivity index (χ4v) is 1.08. The molecule has 0 saturated carbocycles. The van der Waals surface area contributed by atoms with Gasteiger partial charge in [0.05, 0.1) is 0 Å². The van der Waals surface area contributed by atoms with Gasteiger partial charge in [-0.25, -0.2) is 0 Å². The minimum atomic E-state index is -0.369. The summed E-state index contributed by atoms with van der Waals surface area (Å²) in [4.78, 5) is 10.6. The molecule has 10 heavy (non-hydrogen) atoms. The molecular weight excluding hydrogens is 128 g/mol. The zero-order chi connectivity index (χ0) is 7.61. The van der Waals surface area contributed by atoms with E-state index in [1.54, 1.807) is 0 Å². The first-order valence-electron chi connectivity index (χ1n) is 3.32. The van der Waals surface area contributed by atoms with Gasteiger partial charge < -0.3 is 4.74 Å². The lowest BCUT2D eigenvalue weighted by molar-refractivity contribution is -0.146. The van der Waals surface area contributed by atoms with E-state index >= 15 is 0 Å². The number of carbonyl (C=O) groups is 1. The monoisotopic (exact) mass is 138 g/mol. The van der Waals surface area contributed by atoms with Crippen LogP contribution in [0.3, 0.4) is 0 Å². The summed E-state index contributed by atoms with van der Waals surface area (Å²) < 4.78 is 5.01. The summed E-state index contributed by atoms with van der Waals surface area (Å²) in [6, 6.07) is 0. The van der Waals surface area contributed by atoms with Gasteiger partial charge >= 0.3 is 5.97 Å². The summed E-state index contributed by atoms with van der Waals surface area (Å²) >= 11 is 0. The van der Waals surface area contributed by atoms with Crippen LogP contribution in [-0.4, -0.2) is 11.6 Å². The maximum atomic E-state index is 10.6. The lowest BCUT2D eigenvalue weighted by Gasteiger charge is -2.18. The molecule has 0 bridgehead atoms. The Labute approximate surface area is 60.6 Å². The highest BCUT2D eigenvalue weighted by atomic mass is 16.6. The van der Waals surface area contributed by atoms with Gasteiger partial charge in [-0.1, -0.05) is 0 Å². The van der Waals surface area contributed by atoms with Crippen LogP contribution >= 0.6 is 0 Å². The number of cyclic esters (lactones) is 1. The van der Waals surface area contributed by atoms with E-state index in [1.165, 1.54) is 0 Å². The van der Waals surface area contributed by atoms with Gasteiger partial charge in [-0.2, -0.15) is 0 Å². The van der Waals surface area contributed by atoms with Crippen molar-refractivity contribution in [2.24, 2.45) is 0 Å². The van der Waals surface area contributed by atoms with Gasteiger partial charge in [0.2, 0.25) is 0 Å². The van der Waals surface area contributed by atoms with Crippen LogP contribution in [0.25, 0.3) is 0 Å². The number of hydrogen-bond donors (Lipinski definition) is 0. The number of esters is 1. The quantitative estimate of drug-likeness (QED) is 0.400. The highest BCUT2D eigenvalue weighted by molar-refractivity contribution is 5.72. The minimum Gasteiger partial charge on any atom is -0.458 e. The molecule has 1 rings (SSSR count). The number of carbonyl (C=O) groups excluding carboxylic acids is 1. The van der Waals surface area contributed by atoms with Gasteiger partial charge in [0.25, 0.3) is 0 Å². The van der Waals surface area contributed by atoms with Crippen molar-refractivity contribution >= 4 is 5.97 Å². The van der Waals surface area contributed by atoms with E-state index < -0.39 is 0 Å². The Bertz CT molecular complexity index is 190. The fourth-order valence-electron chi connectivity index (χ4n) is 1.08. The second-order valence-corrected chi connectivity index (χ2v) is 2.80. The number of rotatable bonds is 1. The lowest BCUT2D eigenvalue weighted by atomic mass is 9.99. The molecule has 1 heterocycles. The van der Waals surface area contributed by atoms with Crippen LogP contribution in [-0.2, 0) is 9.53 Å². The van der Waals surface area contributed by atoms with Crippen molar-refractivity contribution in [1.29, 1.82) is 0 Å². The smallest absolute Gasteiger partial charge is 0.306 e. The highest BCUT2D eigenvalue weighted by Gasteiger charge is 2.34. The average Bonchev–Trinajstić information content (AvgIpc) is 2.12. The van der Waals surface area contributed by atoms with E-state index in [9.17, 15) is 4.79 Å². The maximum Gasteiger partial charge on any atom is 0.306 e. The second-order valence-electron chi connectivity index (χ2n) is 2.80. The van der Waals surface area contributed by atoms with Crippen molar-refractivity contribution in [3.63, 3.8) is 0 Å². The fraction of sp³-hybridized carbons (Fsp3) is 0.625. The molecule has 0 aromatic carbocycles. The Morgan fingerprint density at radius 2 is 2.60 bits per heavy atom. The van der Waals surface area contributed by atoms with Gasteiger partial charge in [0.1, 0.15) is 5.60 Å². The van der Waals surface area contributed by atoms with E-state index in [2.05, 4.69) is 5.92 Å². The Hall–Kier alpha value is -0.970. The van der Waals surface area contributed by atoms with Crippen LogP contribution in [0.1, 0.15) is 26.2 Å². The first-order chi connectivity index (χ1) is 4.66. The van der Waals surface area contributed by atoms with E-state index in [-0.39, 0.29) is 11.6 Å². The molecule has 1 fully saturated rings. The van der Waals surface area contributed by atoms with Crippen molar-refractivity contribution in [3.05, 3.63) is 0 Å². The Balaban J connectivity index is 2.56. The minimum absolute atomic E-state index is 0.127. The molecule has 0 aliphatic carbocycles. The van der Waals surface area contributed by atoms with Crippen LogP contribution in [0, 0.1) is 12.3 Å². The van der Waals surface area contributed by atoms with Crippen molar-refractivity contribution in [2.45, 2.75) is 31.8 Å². The van der Waals surface area contributed by atoms with Crippen LogP contribution in [0.2, 0.25) is 0 Å². The van der Waals surface area contributed by atoms with Gasteiger partial charge in [-0.3, -0.25) is 4.79 Å². The molecule has 1 atom stereocenters. The standard InChI is InChI=1S/C8H10O2/c1-3-5-8(2)6-4-7(9)10-8/h1H,4-6H2,2H3/t8-/m0/s1. The molecule has 0 unspecified atom stereocenters. The third-order valence-electron chi connectivity index (χ3n) is 1.69. The normalized spacial score (nSPS) is 31.4. The van der Waals surface area contributed by atoms with Crippen LogP contribution < -0.4 is 0 Å². The van der Waals surface area contributed by atoms with Gasteiger partial charge in [0.15, 0.2) is 0 Å². The molecule has 54 valence electrons. The Morgan fingerprint density at radius 1 is 1.90 bits per heavy atom. The summed E-state index contributed by atoms with van der Waals surface area (Å²) in [7, 11) is 0. The van der Waals surface area contributed by atoms with E-state index in [4.69, 9.17) is 11.2 Å². The summed E-state index contributed by atoms with van der Waals surface area (Å²) in [6.07, 6.45) is 6.90. The molecule has 0 N–H and O–H groups in total. The Kier molecular flexibility index (Phi) is 1.67. The topological polar surface area (TPSA) is 26.3 Å². The third-order valence-corrected chi connectivity index (χ3v) is 1.69. The first-order valence-corrected chi connectivity index (χ1v) is 3.32. The Morgan fingerprint density at radius 3 is 3.00 bits per heavy atom. The third kappa shape index (κ3) is 1.30. The van der Waals surface area contributed by atoms with Gasteiger partial charge in [0, 0.05) is 12.8 Å². The number of ether oxygens (including phenoxy) is 1. The molecule has 0 aromatic heterocycles. The van der Waals surface area contributed by atoms with Gasteiger partial charge in [-0.05, 0) is 13.3 Å². The number of hydrogen-bond acceptors (Lipinski definition) is 2. The van der Waals surface area contributed by atoms with Gasteiger partial charge in [-0.15, -0.1) is 12.3 Å². The van der Waals surface area contributed by atoms with Crippen molar-refractivity contribution in [3.8, 4) is 12.3 Å². The molecule has 1 aliphatic heterocycles. The predicted octanol–water partition coefficient (Wildman–Crippen LogP) is 1.11. The zero-order valence-electron chi connectivity index (χ0n) is 6.02. The second kappa shape index (κ2) is 2.34. The van der Waals surface area contributed by atoms with Crippen molar-refractivity contribution < 1.29 is 9.53 Å². The molecule has 0 spiro atoms. The molecule has 0 radical (unpaired) electrons. The largest absolute Gasteiger partial charge is 0.458 e. The highest BCUT2D eigenvalue weighted by Crippen LogP contribution is 2.28. The molecule has 0 amide bonds. The molecule has 1 aliphatic rings. The first kappa shape index (κ1) is 7.14. The molecular formula is C8H10O2. The summed E-state index contributed by atoms with van der Waals surface area (Å²) in [5, 5.41) is 0. The molecule has 1 saturated heterocycles. The summed E-state index contributed by atoms with van der Waals surface area (Å²) in [6.45, 7) is 1.87. The van der Waals surface area contributed by atoms with E-state index in [0.717, 1.165) is 6.42 Å². The van der Waals surface area contributed by atoms with Crippen LogP contribution in [0.4, 0.5) is 0 Å². The zero-order valence-corrected chi connectivity index (χ0v) is 6.02. The average molecular weight is 138 g/mol. The SMILES string of the molecule is C#CC[C@@]1(C)CCC(=O)O1. The maximum absolute atomic E-state index is 10.6. The summed E-state index contributed by atoms with van der Waals surface area (Å²) in [5.41, 5.74) is -0.369. The van der Waals surface area contributed by atoms with E-state index in [0.29, 0.717) is 12.8 Å². The van der Waals surface area contributed by atoms with Crippen LogP contribution in [0.5, 0.6) is 0 Å². The molecule has 2 heteroatoms. The lowest BCUT2D eigenvalue weighted by Crippen LogP contribution is -2.22. The molecule has 2 nitrogen and oxygen atoms in total. The van der Waals surface area contributed by atoms with Crippen molar-refractivity contribution in [2.75, 3.05) is 0 Å². The van der Waals surface area contributed by atoms with Crippen molar-refractivity contribution in [1.82, 2.24) is 0 Å².